The molecule has 0 aliphatic carbocycles. The Kier molecular flexibility index (Phi) is 3.93. The van der Waals surface area contributed by atoms with E-state index in [1.54, 1.807) is 13.8 Å². The standard InChI is InChI=1S/C12H17N3O5/c1-6-7(2)20-10(14-6)4-13-12(19)15-5-8(16)3-9(15)11(17)18/h8-9,16H,3-5H2,1-2H3,(H,13,19)(H,17,18)/t8-,9-/m0/s1. The van der Waals surface area contributed by atoms with Crippen molar-refractivity contribution in [3.63, 3.8) is 0 Å². The number of aliphatic hydroxyl groups is 1. The molecule has 0 spiro atoms. The molecular weight excluding hydrogens is 266 g/mol. The van der Waals surface area contributed by atoms with Crippen molar-refractivity contribution < 1.29 is 24.2 Å². The SMILES string of the molecule is Cc1nc(CNC(=O)N2C[C@@H](O)C[C@H]2C(=O)O)oc1C. The molecule has 1 aliphatic rings. The van der Waals surface area contributed by atoms with Crippen molar-refractivity contribution in [2.75, 3.05) is 6.54 Å². The first kappa shape index (κ1) is 14.3. The number of β-amino-alcohol motifs (C(OH)–C–C–N with tert-alkyl or cyclic N) is 1. The zero-order chi connectivity index (χ0) is 14.9. The Morgan fingerprint density at radius 2 is 2.20 bits per heavy atom. The van der Waals surface area contributed by atoms with Crippen molar-refractivity contribution in [2.24, 2.45) is 0 Å². The summed E-state index contributed by atoms with van der Waals surface area (Å²) in [5.41, 5.74) is 0.745. The lowest BCUT2D eigenvalue weighted by Crippen LogP contribution is -2.46. The third kappa shape index (κ3) is 2.90. The minimum absolute atomic E-state index is 0.00639. The highest BCUT2D eigenvalue weighted by Gasteiger charge is 2.38. The number of nitrogens with zero attached hydrogens (tertiary/aromatic N) is 2. The van der Waals surface area contributed by atoms with Crippen LogP contribution in [-0.2, 0) is 11.3 Å². The first-order valence-electron chi connectivity index (χ1n) is 6.26. The van der Waals surface area contributed by atoms with Crippen molar-refractivity contribution in [3.8, 4) is 0 Å². The lowest BCUT2D eigenvalue weighted by atomic mass is 10.2. The highest BCUT2D eigenvalue weighted by atomic mass is 16.4. The van der Waals surface area contributed by atoms with E-state index in [-0.39, 0.29) is 19.5 Å². The van der Waals surface area contributed by atoms with Gasteiger partial charge in [0.15, 0.2) is 0 Å². The molecule has 1 fully saturated rings. The van der Waals surface area contributed by atoms with Crippen molar-refractivity contribution in [2.45, 2.75) is 39.0 Å². The molecule has 2 amide bonds. The Labute approximate surface area is 115 Å². The number of hydrogen-bond acceptors (Lipinski definition) is 5. The Bertz CT molecular complexity index is 508. The van der Waals surface area contributed by atoms with Gasteiger partial charge < -0.3 is 24.8 Å². The number of rotatable bonds is 3. The summed E-state index contributed by atoms with van der Waals surface area (Å²) < 4.78 is 5.31. The molecular formula is C12H17N3O5. The molecule has 8 nitrogen and oxygen atoms in total. The van der Waals surface area contributed by atoms with Crippen LogP contribution in [0.25, 0.3) is 0 Å². The van der Waals surface area contributed by atoms with Crippen LogP contribution >= 0.6 is 0 Å². The van der Waals surface area contributed by atoms with Gasteiger partial charge in [0.05, 0.1) is 18.3 Å². The fourth-order valence-electron chi connectivity index (χ4n) is 2.14. The largest absolute Gasteiger partial charge is 0.480 e. The molecule has 110 valence electrons. The molecule has 0 aromatic carbocycles. The van der Waals surface area contributed by atoms with Crippen LogP contribution in [-0.4, -0.2) is 50.8 Å². The number of carboxylic acids is 1. The Hall–Kier alpha value is -2.09. The first-order valence-corrected chi connectivity index (χ1v) is 6.26. The van der Waals surface area contributed by atoms with Gasteiger partial charge in [-0.2, -0.15) is 0 Å². The highest BCUT2D eigenvalue weighted by molar-refractivity contribution is 5.83. The number of aliphatic carboxylic acids is 1. The summed E-state index contributed by atoms with van der Waals surface area (Å²) in [4.78, 5) is 28.2. The third-order valence-corrected chi connectivity index (χ3v) is 3.29. The zero-order valence-corrected chi connectivity index (χ0v) is 11.3. The monoisotopic (exact) mass is 283 g/mol. The number of amides is 2. The summed E-state index contributed by atoms with van der Waals surface area (Å²) in [6.45, 7) is 3.64. The van der Waals surface area contributed by atoms with E-state index >= 15 is 0 Å². The molecule has 2 atom stereocenters. The number of aliphatic hydroxyl groups excluding tert-OH is 1. The second kappa shape index (κ2) is 5.49. The van der Waals surface area contributed by atoms with Crippen LogP contribution in [0.3, 0.4) is 0 Å². The van der Waals surface area contributed by atoms with Crippen LogP contribution in [0.15, 0.2) is 4.42 Å². The zero-order valence-electron chi connectivity index (χ0n) is 11.3. The maximum Gasteiger partial charge on any atom is 0.326 e. The predicted molar refractivity (Wildman–Crippen MR) is 67.0 cm³/mol. The van der Waals surface area contributed by atoms with Crippen LogP contribution in [0, 0.1) is 13.8 Å². The van der Waals surface area contributed by atoms with E-state index in [9.17, 15) is 14.7 Å². The summed E-state index contributed by atoms with van der Waals surface area (Å²) >= 11 is 0. The van der Waals surface area contributed by atoms with Gasteiger partial charge in [-0.25, -0.2) is 14.6 Å². The molecule has 20 heavy (non-hydrogen) atoms. The van der Waals surface area contributed by atoms with E-state index < -0.39 is 24.1 Å². The van der Waals surface area contributed by atoms with Gasteiger partial charge >= 0.3 is 12.0 Å². The quantitative estimate of drug-likeness (QED) is 0.720. The van der Waals surface area contributed by atoms with Gasteiger partial charge in [-0.1, -0.05) is 0 Å². The molecule has 2 rings (SSSR count). The fraction of sp³-hybridized carbons (Fsp3) is 0.583. The Balaban J connectivity index is 1.95. The van der Waals surface area contributed by atoms with Gasteiger partial charge in [0.2, 0.25) is 5.89 Å². The highest BCUT2D eigenvalue weighted by Crippen LogP contribution is 2.18. The molecule has 3 N–H and O–H groups in total. The summed E-state index contributed by atoms with van der Waals surface area (Å²) in [6.07, 6.45) is -0.770. The molecule has 0 saturated carbocycles. The number of nitrogens with one attached hydrogen (secondary N) is 1. The maximum absolute atomic E-state index is 11.9. The topological polar surface area (TPSA) is 116 Å². The number of aromatic nitrogens is 1. The number of carboxylic acid groups (broad SMARTS) is 1. The van der Waals surface area contributed by atoms with Crippen LogP contribution in [0.5, 0.6) is 0 Å². The Morgan fingerprint density at radius 3 is 2.75 bits per heavy atom. The molecule has 1 saturated heterocycles. The molecule has 0 bridgehead atoms. The minimum atomic E-state index is -1.13. The first-order chi connectivity index (χ1) is 9.38. The smallest absolute Gasteiger partial charge is 0.326 e. The molecule has 1 aromatic rings. The average Bonchev–Trinajstić information content (AvgIpc) is 2.91. The number of carbonyl (C=O) groups is 2. The van der Waals surface area contributed by atoms with Crippen molar-refractivity contribution >= 4 is 12.0 Å². The lowest BCUT2D eigenvalue weighted by Gasteiger charge is -2.21. The van der Waals surface area contributed by atoms with Crippen molar-refractivity contribution in [1.82, 2.24) is 15.2 Å². The summed E-state index contributed by atoms with van der Waals surface area (Å²) in [5.74, 6) is -0.0891. The van der Waals surface area contributed by atoms with Crippen LogP contribution in [0.4, 0.5) is 4.79 Å². The second-order valence-corrected chi connectivity index (χ2v) is 4.80. The molecule has 2 heterocycles. The Morgan fingerprint density at radius 1 is 1.50 bits per heavy atom. The van der Waals surface area contributed by atoms with Crippen LogP contribution < -0.4 is 5.32 Å². The summed E-state index contributed by atoms with van der Waals surface area (Å²) in [5, 5.41) is 21.0. The number of carbonyl (C=O) groups excluding carboxylic acids is 1. The van der Waals surface area contributed by atoms with Crippen LogP contribution in [0.1, 0.15) is 23.8 Å². The van der Waals surface area contributed by atoms with Gasteiger partial charge in [0, 0.05) is 13.0 Å². The maximum atomic E-state index is 11.9. The summed E-state index contributed by atoms with van der Waals surface area (Å²) in [7, 11) is 0. The number of aryl methyl sites for hydroxylation is 2. The van der Waals surface area contributed by atoms with Crippen LogP contribution in [0.2, 0.25) is 0 Å². The number of likely N-dealkylation sites (tertiary alicyclic amines) is 1. The molecule has 0 radical (unpaired) electrons. The second-order valence-electron chi connectivity index (χ2n) is 4.80. The van der Waals surface area contributed by atoms with Gasteiger partial charge in [-0.15, -0.1) is 0 Å². The van der Waals surface area contributed by atoms with Gasteiger partial charge in [0.1, 0.15) is 11.8 Å². The molecule has 8 heteroatoms. The fourth-order valence-corrected chi connectivity index (χ4v) is 2.14. The number of hydrogen-bond donors (Lipinski definition) is 3. The third-order valence-electron chi connectivity index (χ3n) is 3.29. The normalized spacial score (nSPS) is 22.1. The van der Waals surface area contributed by atoms with Gasteiger partial charge in [0.25, 0.3) is 0 Å². The van der Waals surface area contributed by atoms with Crippen molar-refractivity contribution in [1.29, 1.82) is 0 Å². The summed E-state index contributed by atoms with van der Waals surface area (Å²) in [6, 6.07) is -1.56. The lowest BCUT2D eigenvalue weighted by molar-refractivity contribution is -0.141. The van der Waals surface area contributed by atoms with Gasteiger partial charge in [-0.3, -0.25) is 0 Å². The van der Waals surface area contributed by atoms with E-state index in [4.69, 9.17) is 9.52 Å². The average molecular weight is 283 g/mol. The number of oxazole rings is 1. The molecule has 1 aliphatic heterocycles. The molecule has 0 unspecified atom stereocenters. The van der Waals surface area contributed by atoms with Gasteiger partial charge in [-0.05, 0) is 13.8 Å². The number of urea groups is 1. The van der Waals surface area contributed by atoms with E-state index in [2.05, 4.69) is 10.3 Å². The minimum Gasteiger partial charge on any atom is -0.480 e. The van der Waals surface area contributed by atoms with E-state index in [0.29, 0.717) is 11.7 Å². The van der Waals surface area contributed by atoms with Crippen molar-refractivity contribution in [3.05, 3.63) is 17.3 Å². The predicted octanol–water partition coefficient (Wildman–Crippen LogP) is 0.0208. The van der Waals surface area contributed by atoms with E-state index in [0.717, 1.165) is 10.6 Å². The molecule has 1 aromatic heterocycles. The van der Waals surface area contributed by atoms with E-state index in [1.165, 1.54) is 0 Å². The van der Waals surface area contributed by atoms with E-state index in [1.807, 2.05) is 0 Å².